The molecule has 2 N–H and O–H groups in total. The molecular weight excluding hydrogens is 430 g/mol. The van der Waals surface area contributed by atoms with Crippen molar-refractivity contribution in [2.24, 2.45) is 0 Å². The van der Waals surface area contributed by atoms with Gasteiger partial charge in [-0.25, -0.2) is 10.1 Å². The first-order valence-corrected chi connectivity index (χ1v) is 10.7. The molecule has 0 aliphatic heterocycles. The number of anilines is 1. The van der Waals surface area contributed by atoms with Gasteiger partial charge in [-0.1, -0.05) is 23.2 Å². The van der Waals surface area contributed by atoms with Crippen molar-refractivity contribution in [3.05, 3.63) is 70.8 Å². The molecule has 0 atom stereocenters. The highest BCUT2D eigenvalue weighted by atomic mass is 35.5. The number of fused-ring (bicyclic) bond motifs is 1. The maximum atomic E-state index is 13.0. The van der Waals surface area contributed by atoms with Crippen LogP contribution in [0.5, 0.6) is 0 Å². The Morgan fingerprint density at radius 3 is 2.62 bits per heavy atom. The van der Waals surface area contributed by atoms with Crippen LogP contribution in [0.15, 0.2) is 53.3 Å². The SMILES string of the molecule is O=C(NNc1nc(-c2ccncc2)no1)c1nn(-c2ccc(Cl)cc2)c2c1CCCCC2. The summed E-state index contributed by atoms with van der Waals surface area (Å²) in [6, 6.07) is 11.1. The zero-order chi connectivity index (χ0) is 21.9. The zero-order valence-corrected chi connectivity index (χ0v) is 17.8. The fourth-order valence-corrected chi connectivity index (χ4v) is 3.94. The number of hydrazine groups is 1. The van der Waals surface area contributed by atoms with Crippen LogP contribution in [0.1, 0.15) is 41.0 Å². The number of rotatable bonds is 5. The van der Waals surface area contributed by atoms with E-state index in [2.05, 4.69) is 31.1 Å². The van der Waals surface area contributed by atoms with Gasteiger partial charge in [-0.2, -0.15) is 10.1 Å². The molecule has 3 aromatic heterocycles. The Balaban J connectivity index is 1.38. The largest absolute Gasteiger partial charge is 0.340 e. The van der Waals surface area contributed by atoms with Crippen molar-refractivity contribution in [2.75, 3.05) is 5.43 Å². The molecule has 0 saturated carbocycles. The molecule has 162 valence electrons. The van der Waals surface area contributed by atoms with Crippen LogP contribution in [-0.2, 0) is 12.8 Å². The van der Waals surface area contributed by atoms with Gasteiger partial charge in [0.05, 0.1) is 5.69 Å². The van der Waals surface area contributed by atoms with Crippen molar-refractivity contribution in [3.63, 3.8) is 0 Å². The lowest BCUT2D eigenvalue weighted by Gasteiger charge is -2.07. The predicted octanol–water partition coefficient (Wildman–Crippen LogP) is 4.00. The third-order valence-corrected chi connectivity index (χ3v) is 5.62. The number of carbonyl (C=O) groups is 1. The van der Waals surface area contributed by atoms with E-state index < -0.39 is 0 Å². The molecule has 1 aliphatic carbocycles. The van der Waals surface area contributed by atoms with Crippen molar-refractivity contribution in [1.29, 1.82) is 0 Å². The van der Waals surface area contributed by atoms with Crippen LogP contribution < -0.4 is 10.9 Å². The molecule has 1 aromatic carbocycles. The number of hydrogen-bond acceptors (Lipinski definition) is 7. The molecule has 3 heterocycles. The number of amides is 1. The minimum absolute atomic E-state index is 0.0772. The Morgan fingerprint density at radius 2 is 1.81 bits per heavy atom. The van der Waals surface area contributed by atoms with Gasteiger partial charge < -0.3 is 4.52 Å². The molecule has 10 heteroatoms. The Labute approximate surface area is 188 Å². The van der Waals surface area contributed by atoms with Crippen LogP contribution in [-0.4, -0.2) is 30.8 Å². The summed E-state index contributed by atoms with van der Waals surface area (Å²) < 4.78 is 7.03. The van der Waals surface area contributed by atoms with E-state index in [0.717, 1.165) is 54.6 Å². The lowest BCUT2D eigenvalue weighted by Crippen LogP contribution is -2.30. The van der Waals surface area contributed by atoms with Crippen molar-refractivity contribution < 1.29 is 9.32 Å². The monoisotopic (exact) mass is 449 g/mol. The van der Waals surface area contributed by atoms with E-state index in [9.17, 15) is 4.79 Å². The van der Waals surface area contributed by atoms with Gasteiger partial charge in [0.15, 0.2) is 5.69 Å². The fourth-order valence-electron chi connectivity index (χ4n) is 3.82. The minimum Gasteiger partial charge on any atom is -0.313 e. The lowest BCUT2D eigenvalue weighted by atomic mass is 10.1. The number of halogens is 1. The predicted molar refractivity (Wildman–Crippen MR) is 118 cm³/mol. The minimum atomic E-state index is -0.362. The first kappa shape index (κ1) is 20.2. The van der Waals surface area contributed by atoms with Crippen molar-refractivity contribution >= 4 is 23.5 Å². The number of hydrogen-bond donors (Lipinski definition) is 2. The highest BCUT2D eigenvalue weighted by molar-refractivity contribution is 6.30. The number of benzene rings is 1. The molecule has 32 heavy (non-hydrogen) atoms. The van der Waals surface area contributed by atoms with Gasteiger partial charge in [-0.05, 0) is 62.1 Å². The van der Waals surface area contributed by atoms with Crippen molar-refractivity contribution in [2.45, 2.75) is 32.1 Å². The standard InChI is InChI=1S/C22H20ClN7O2/c23-15-6-8-16(9-7-15)30-18-5-3-1-2-4-17(18)19(28-30)21(31)26-27-22-25-20(29-32-22)14-10-12-24-13-11-14/h6-13H,1-5H2,(H,26,31)(H,25,27,29). The summed E-state index contributed by atoms with van der Waals surface area (Å²) in [4.78, 5) is 21.2. The first-order chi connectivity index (χ1) is 15.7. The van der Waals surface area contributed by atoms with E-state index in [0.29, 0.717) is 16.5 Å². The summed E-state index contributed by atoms with van der Waals surface area (Å²) >= 11 is 6.04. The van der Waals surface area contributed by atoms with E-state index in [1.54, 1.807) is 24.5 Å². The number of nitrogens with zero attached hydrogens (tertiary/aromatic N) is 5. The van der Waals surface area contributed by atoms with Crippen LogP contribution in [0.4, 0.5) is 6.01 Å². The lowest BCUT2D eigenvalue weighted by molar-refractivity contribution is 0.0954. The van der Waals surface area contributed by atoms with Gasteiger partial charge in [-0.3, -0.25) is 15.2 Å². The van der Waals surface area contributed by atoms with E-state index in [1.807, 2.05) is 28.9 Å². The van der Waals surface area contributed by atoms with Gasteiger partial charge in [-0.15, -0.1) is 0 Å². The summed E-state index contributed by atoms with van der Waals surface area (Å²) in [5.74, 6) is 0.0320. The number of nitrogens with one attached hydrogen (secondary N) is 2. The van der Waals surface area contributed by atoms with Crippen LogP contribution in [0, 0.1) is 0 Å². The first-order valence-electron chi connectivity index (χ1n) is 10.4. The quantitative estimate of drug-likeness (QED) is 0.350. The smallest absolute Gasteiger partial charge is 0.313 e. The van der Waals surface area contributed by atoms with Gasteiger partial charge >= 0.3 is 6.01 Å². The molecule has 5 rings (SSSR count). The average molecular weight is 450 g/mol. The molecule has 0 spiro atoms. The number of aromatic nitrogens is 5. The van der Waals surface area contributed by atoms with E-state index in [1.165, 1.54) is 0 Å². The topological polar surface area (TPSA) is 111 Å². The molecule has 9 nitrogen and oxygen atoms in total. The second kappa shape index (κ2) is 8.80. The Morgan fingerprint density at radius 1 is 1.03 bits per heavy atom. The van der Waals surface area contributed by atoms with E-state index in [-0.39, 0.29) is 11.9 Å². The second-order valence-electron chi connectivity index (χ2n) is 7.46. The summed E-state index contributed by atoms with van der Waals surface area (Å²) in [5, 5.41) is 9.21. The van der Waals surface area contributed by atoms with Crippen LogP contribution in [0.2, 0.25) is 5.02 Å². The highest BCUT2D eigenvalue weighted by Gasteiger charge is 2.25. The average Bonchev–Trinajstić information content (AvgIpc) is 3.36. The van der Waals surface area contributed by atoms with Gasteiger partial charge in [0.1, 0.15) is 0 Å². The molecule has 1 aliphatic rings. The molecule has 1 amide bonds. The molecule has 0 radical (unpaired) electrons. The van der Waals surface area contributed by atoms with Crippen LogP contribution in [0.3, 0.4) is 0 Å². The summed E-state index contributed by atoms with van der Waals surface area (Å²) in [6.07, 6.45) is 8.15. The Kier molecular flexibility index (Phi) is 5.55. The normalized spacial score (nSPS) is 13.3. The maximum absolute atomic E-state index is 13.0. The van der Waals surface area contributed by atoms with E-state index in [4.69, 9.17) is 16.1 Å². The third-order valence-electron chi connectivity index (χ3n) is 5.36. The van der Waals surface area contributed by atoms with E-state index >= 15 is 0 Å². The summed E-state index contributed by atoms with van der Waals surface area (Å²) in [6.45, 7) is 0. The van der Waals surface area contributed by atoms with Gasteiger partial charge in [0, 0.05) is 34.2 Å². The second-order valence-corrected chi connectivity index (χ2v) is 7.90. The Bertz CT molecular complexity index is 1240. The summed E-state index contributed by atoms with van der Waals surface area (Å²) in [7, 11) is 0. The molecule has 0 unspecified atom stereocenters. The van der Waals surface area contributed by atoms with Crippen molar-refractivity contribution in [1.82, 2.24) is 30.3 Å². The van der Waals surface area contributed by atoms with Gasteiger partial charge in [0.25, 0.3) is 5.91 Å². The van der Waals surface area contributed by atoms with Crippen LogP contribution in [0.25, 0.3) is 17.1 Å². The highest BCUT2D eigenvalue weighted by Crippen LogP contribution is 2.27. The molecule has 4 aromatic rings. The third kappa shape index (κ3) is 4.06. The molecule has 0 saturated heterocycles. The zero-order valence-electron chi connectivity index (χ0n) is 17.1. The summed E-state index contributed by atoms with van der Waals surface area (Å²) in [5.41, 5.74) is 9.37. The number of pyridine rings is 1. The van der Waals surface area contributed by atoms with Crippen molar-refractivity contribution in [3.8, 4) is 17.1 Å². The molecule has 0 bridgehead atoms. The molecule has 0 fully saturated rings. The van der Waals surface area contributed by atoms with Crippen LogP contribution >= 0.6 is 11.6 Å². The fraction of sp³-hybridized carbons (Fsp3) is 0.227. The van der Waals surface area contributed by atoms with Gasteiger partial charge in [0.2, 0.25) is 5.82 Å². The Hall–Kier alpha value is -3.72. The molecular formula is C22H20ClN7O2. The maximum Gasteiger partial charge on any atom is 0.340 e. The number of carbonyl (C=O) groups excluding carboxylic acids is 1.